The molecule has 0 amide bonds. The molecule has 72 valence electrons. The van der Waals surface area contributed by atoms with Crippen LogP contribution in [-0.4, -0.2) is 19.5 Å². The average molecular weight is 251 g/mol. The molecule has 0 bridgehead atoms. The molecule has 0 spiro atoms. The van der Waals surface area contributed by atoms with E-state index in [1.54, 1.807) is 18.2 Å². The summed E-state index contributed by atoms with van der Waals surface area (Å²) >= 11 is 3.23. The maximum atomic E-state index is 12.4. The summed E-state index contributed by atoms with van der Waals surface area (Å²) in [5, 5.41) is 0. The van der Waals surface area contributed by atoms with Crippen molar-refractivity contribution in [2.24, 2.45) is 0 Å². The summed E-state index contributed by atoms with van der Waals surface area (Å²) < 4.78 is 29.9. The first-order chi connectivity index (χ1) is 6.24. The predicted octanol–water partition coefficient (Wildman–Crippen LogP) is 3.14. The molecule has 1 nitrogen and oxygen atoms in total. The molecule has 0 radical (unpaired) electrons. The third kappa shape index (κ3) is 3.30. The highest BCUT2D eigenvalue weighted by molar-refractivity contribution is 9.10. The van der Waals surface area contributed by atoms with E-state index in [-0.39, 0.29) is 6.61 Å². The van der Waals surface area contributed by atoms with E-state index in [9.17, 15) is 8.78 Å². The molecule has 1 aromatic carbocycles. The Kier molecular flexibility index (Phi) is 4.15. The smallest absolute Gasteiger partial charge is 0.162 e. The largest absolute Gasteiger partial charge is 0.489 e. The van der Waals surface area contributed by atoms with Crippen LogP contribution in [0, 0.1) is 0 Å². The van der Waals surface area contributed by atoms with Crippen LogP contribution in [0.3, 0.4) is 0 Å². The number of hydrogen-bond donors (Lipinski definition) is 0. The Labute approximate surface area is 83.8 Å². The van der Waals surface area contributed by atoms with Gasteiger partial charge in [0.15, 0.2) is 6.17 Å². The molecule has 0 aliphatic heterocycles. The van der Waals surface area contributed by atoms with Crippen molar-refractivity contribution >= 4 is 15.9 Å². The highest BCUT2D eigenvalue weighted by Gasteiger charge is 2.07. The summed E-state index contributed by atoms with van der Waals surface area (Å²) in [5.41, 5.74) is 0. The van der Waals surface area contributed by atoms with Gasteiger partial charge in [0.05, 0.1) is 4.47 Å². The van der Waals surface area contributed by atoms with Crippen LogP contribution in [0.5, 0.6) is 5.75 Å². The molecule has 1 unspecified atom stereocenters. The van der Waals surface area contributed by atoms with Crippen molar-refractivity contribution in [1.82, 2.24) is 0 Å². The van der Waals surface area contributed by atoms with Crippen LogP contribution < -0.4 is 4.74 Å². The number of hydrogen-bond acceptors (Lipinski definition) is 1. The molecule has 4 heteroatoms. The second-order valence-electron chi connectivity index (χ2n) is 2.49. The van der Waals surface area contributed by atoms with E-state index in [0.29, 0.717) is 5.75 Å². The van der Waals surface area contributed by atoms with Gasteiger partial charge in [-0.1, -0.05) is 12.1 Å². The zero-order valence-electron chi connectivity index (χ0n) is 6.84. The standard InChI is InChI=1S/C9H9BrF2O/c10-8-3-1-2-4-9(8)13-6-7(12)5-11/h1-4,7H,5-6H2. The molecule has 1 rings (SSSR count). The zero-order valence-corrected chi connectivity index (χ0v) is 8.43. The zero-order chi connectivity index (χ0) is 9.68. The van der Waals surface area contributed by atoms with Gasteiger partial charge in [0.2, 0.25) is 0 Å². The van der Waals surface area contributed by atoms with Crippen molar-refractivity contribution in [3.63, 3.8) is 0 Å². The second-order valence-corrected chi connectivity index (χ2v) is 3.35. The Balaban J connectivity index is 2.50. The Morgan fingerprint density at radius 3 is 2.69 bits per heavy atom. The van der Waals surface area contributed by atoms with Gasteiger partial charge in [-0.3, -0.25) is 0 Å². The first kappa shape index (κ1) is 10.4. The van der Waals surface area contributed by atoms with Crippen LogP contribution in [0.2, 0.25) is 0 Å². The van der Waals surface area contributed by atoms with E-state index in [4.69, 9.17) is 4.74 Å². The fraction of sp³-hybridized carbons (Fsp3) is 0.333. The highest BCUT2D eigenvalue weighted by Crippen LogP contribution is 2.23. The van der Waals surface area contributed by atoms with Crippen molar-refractivity contribution < 1.29 is 13.5 Å². The fourth-order valence-corrected chi connectivity index (χ4v) is 1.19. The van der Waals surface area contributed by atoms with Gasteiger partial charge in [0, 0.05) is 0 Å². The molecule has 0 N–H and O–H groups in total. The Morgan fingerprint density at radius 1 is 1.38 bits per heavy atom. The van der Waals surface area contributed by atoms with E-state index in [0.717, 1.165) is 4.47 Å². The van der Waals surface area contributed by atoms with Crippen LogP contribution >= 0.6 is 15.9 Å². The lowest BCUT2D eigenvalue weighted by molar-refractivity contribution is 0.165. The molecule has 0 aliphatic carbocycles. The summed E-state index contributed by atoms with van der Waals surface area (Å²) in [5.74, 6) is 0.526. The topological polar surface area (TPSA) is 9.23 Å². The second kappa shape index (κ2) is 5.17. The molecule has 0 saturated heterocycles. The van der Waals surface area contributed by atoms with Gasteiger partial charge in [-0.15, -0.1) is 0 Å². The number of rotatable bonds is 4. The Morgan fingerprint density at radius 2 is 2.08 bits per heavy atom. The summed E-state index contributed by atoms with van der Waals surface area (Å²) in [7, 11) is 0. The number of ether oxygens (including phenoxy) is 1. The minimum atomic E-state index is -1.55. The quantitative estimate of drug-likeness (QED) is 0.798. The summed E-state index contributed by atoms with van der Waals surface area (Å²) in [6.45, 7) is -1.26. The molecule has 0 heterocycles. The number of benzene rings is 1. The lowest BCUT2D eigenvalue weighted by atomic mass is 10.3. The van der Waals surface area contributed by atoms with Crippen LogP contribution in [-0.2, 0) is 0 Å². The number of para-hydroxylation sites is 1. The Hall–Kier alpha value is -0.640. The van der Waals surface area contributed by atoms with Crippen molar-refractivity contribution in [2.45, 2.75) is 6.17 Å². The van der Waals surface area contributed by atoms with E-state index >= 15 is 0 Å². The van der Waals surface area contributed by atoms with Gasteiger partial charge >= 0.3 is 0 Å². The van der Waals surface area contributed by atoms with Crippen LogP contribution in [0.25, 0.3) is 0 Å². The van der Waals surface area contributed by atoms with Crippen molar-refractivity contribution in [3.05, 3.63) is 28.7 Å². The van der Waals surface area contributed by atoms with Gasteiger partial charge in [-0.25, -0.2) is 8.78 Å². The van der Waals surface area contributed by atoms with Gasteiger partial charge in [-0.05, 0) is 28.1 Å². The van der Waals surface area contributed by atoms with Gasteiger partial charge in [0.1, 0.15) is 19.0 Å². The van der Waals surface area contributed by atoms with Gasteiger partial charge in [0.25, 0.3) is 0 Å². The van der Waals surface area contributed by atoms with Crippen molar-refractivity contribution in [2.75, 3.05) is 13.3 Å². The summed E-state index contributed by atoms with van der Waals surface area (Å²) in [6.07, 6.45) is -1.55. The molecule has 0 aliphatic rings. The van der Waals surface area contributed by atoms with Gasteiger partial charge in [-0.2, -0.15) is 0 Å². The molecular weight excluding hydrogens is 242 g/mol. The van der Waals surface area contributed by atoms with Crippen LogP contribution in [0.4, 0.5) is 8.78 Å². The minimum absolute atomic E-state index is 0.251. The number of alkyl halides is 2. The van der Waals surface area contributed by atoms with Crippen LogP contribution in [0.1, 0.15) is 0 Å². The highest BCUT2D eigenvalue weighted by atomic mass is 79.9. The summed E-state index contributed by atoms with van der Waals surface area (Å²) in [6, 6.07) is 7.05. The van der Waals surface area contributed by atoms with E-state index in [1.807, 2.05) is 6.07 Å². The average Bonchev–Trinajstić information content (AvgIpc) is 2.16. The number of halogens is 3. The van der Waals surface area contributed by atoms with E-state index in [1.165, 1.54) is 0 Å². The third-order valence-electron chi connectivity index (χ3n) is 1.42. The summed E-state index contributed by atoms with van der Waals surface area (Å²) in [4.78, 5) is 0. The van der Waals surface area contributed by atoms with Crippen LogP contribution in [0.15, 0.2) is 28.7 Å². The third-order valence-corrected chi connectivity index (χ3v) is 2.08. The first-order valence-electron chi connectivity index (χ1n) is 3.81. The molecule has 1 aromatic rings. The van der Waals surface area contributed by atoms with E-state index < -0.39 is 12.8 Å². The molecule has 13 heavy (non-hydrogen) atoms. The normalized spacial score (nSPS) is 12.5. The first-order valence-corrected chi connectivity index (χ1v) is 4.60. The molecule has 0 saturated carbocycles. The molecule has 0 aromatic heterocycles. The maximum absolute atomic E-state index is 12.4. The minimum Gasteiger partial charge on any atom is -0.489 e. The SMILES string of the molecule is FCC(F)COc1ccccc1Br. The van der Waals surface area contributed by atoms with E-state index in [2.05, 4.69) is 15.9 Å². The molecule has 0 fully saturated rings. The lowest BCUT2D eigenvalue weighted by Gasteiger charge is -2.08. The Bertz CT molecular complexity index is 268. The molecular formula is C9H9BrF2O. The molecule has 1 atom stereocenters. The lowest BCUT2D eigenvalue weighted by Crippen LogP contribution is -2.14. The predicted molar refractivity (Wildman–Crippen MR) is 50.5 cm³/mol. The van der Waals surface area contributed by atoms with Crippen molar-refractivity contribution in [3.8, 4) is 5.75 Å². The fourth-order valence-electron chi connectivity index (χ4n) is 0.787. The van der Waals surface area contributed by atoms with Gasteiger partial charge < -0.3 is 4.74 Å². The maximum Gasteiger partial charge on any atom is 0.162 e. The van der Waals surface area contributed by atoms with Crippen molar-refractivity contribution in [1.29, 1.82) is 0 Å². The monoisotopic (exact) mass is 250 g/mol.